The molecule has 6 nitrogen and oxygen atoms in total. The van der Waals surface area contributed by atoms with E-state index < -0.39 is 11.8 Å². The van der Waals surface area contributed by atoms with Crippen LogP contribution in [0, 0.1) is 0 Å². The summed E-state index contributed by atoms with van der Waals surface area (Å²) in [5.74, 6) is 0.151. The van der Waals surface area contributed by atoms with Crippen molar-refractivity contribution in [1.82, 2.24) is 10.2 Å². The van der Waals surface area contributed by atoms with E-state index in [0.717, 1.165) is 10.8 Å². The molecule has 29 heavy (non-hydrogen) atoms. The fourth-order valence-electron chi connectivity index (χ4n) is 3.25. The van der Waals surface area contributed by atoms with Gasteiger partial charge >= 0.3 is 0 Å². The van der Waals surface area contributed by atoms with Gasteiger partial charge in [0.2, 0.25) is 0 Å². The molecule has 2 aromatic carbocycles. The molecule has 0 saturated carbocycles. The molecule has 146 valence electrons. The van der Waals surface area contributed by atoms with Crippen LogP contribution >= 0.6 is 12.2 Å². The van der Waals surface area contributed by atoms with Crippen molar-refractivity contribution in [2.24, 2.45) is 0 Å². The molecule has 1 N–H and O–H groups in total. The fraction of sp³-hybridized carbons (Fsp3) is 0.136. The van der Waals surface area contributed by atoms with Gasteiger partial charge in [-0.1, -0.05) is 30.3 Å². The molecule has 1 saturated heterocycles. The third kappa shape index (κ3) is 3.64. The maximum atomic E-state index is 13.1. The van der Waals surface area contributed by atoms with Crippen LogP contribution in [0.3, 0.4) is 0 Å². The van der Waals surface area contributed by atoms with Crippen molar-refractivity contribution in [2.75, 3.05) is 6.61 Å². The lowest BCUT2D eigenvalue weighted by Gasteiger charge is -2.28. The van der Waals surface area contributed by atoms with Gasteiger partial charge in [-0.3, -0.25) is 19.8 Å². The number of amides is 2. The van der Waals surface area contributed by atoms with Crippen molar-refractivity contribution in [3.05, 3.63) is 71.7 Å². The second kappa shape index (κ2) is 7.89. The number of thiocarbonyl (C=S) groups is 1. The van der Waals surface area contributed by atoms with Crippen LogP contribution in [0.5, 0.6) is 5.75 Å². The standard InChI is InChI=1S/C22H18N2O4S/c1-2-27-19-10-9-14-6-3-4-8-16(14)17(19)12-18-20(25)23-22(29)24(21(18)26)13-15-7-5-11-28-15/h3-12H,2,13H2,1H3,(H,23,25,29). The summed E-state index contributed by atoms with van der Waals surface area (Å²) in [6.07, 6.45) is 3.09. The van der Waals surface area contributed by atoms with Gasteiger partial charge in [-0.2, -0.15) is 0 Å². The summed E-state index contributed by atoms with van der Waals surface area (Å²) < 4.78 is 11.1. The molecule has 2 heterocycles. The number of hydrogen-bond donors (Lipinski definition) is 1. The minimum Gasteiger partial charge on any atom is -0.493 e. The highest BCUT2D eigenvalue weighted by Crippen LogP contribution is 2.31. The molecule has 1 aliphatic heterocycles. The van der Waals surface area contributed by atoms with Crippen LogP contribution in [0.2, 0.25) is 0 Å². The molecule has 3 aromatic rings. The number of carbonyl (C=O) groups is 2. The molecule has 0 radical (unpaired) electrons. The molecule has 1 fully saturated rings. The molecule has 1 aromatic heterocycles. The van der Waals surface area contributed by atoms with Crippen LogP contribution in [0.15, 0.2) is 64.8 Å². The molecule has 0 atom stereocenters. The van der Waals surface area contributed by atoms with Crippen molar-refractivity contribution in [2.45, 2.75) is 13.5 Å². The minimum absolute atomic E-state index is 0.0116. The Hall–Kier alpha value is -3.45. The quantitative estimate of drug-likeness (QED) is 0.398. The average molecular weight is 406 g/mol. The van der Waals surface area contributed by atoms with E-state index in [9.17, 15) is 9.59 Å². The highest BCUT2D eigenvalue weighted by molar-refractivity contribution is 7.80. The largest absolute Gasteiger partial charge is 0.493 e. The van der Waals surface area contributed by atoms with E-state index in [1.807, 2.05) is 43.3 Å². The van der Waals surface area contributed by atoms with Crippen LogP contribution in [0.4, 0.5) is 0 Å². The summed E-state index contributed by atoms with van der Waals surface area (Å²) in [7, 11) is 0. The van der Waals surface area contributed by atoms with E-state index >= 15 is 0 Å². The second-order valence-electron chi connectivity index (χ2n) is 6.42. The number of hydrogen-bond acceptors (Lipinski definition) is 5. The van der Waals surface area contributed by atoms with E-state index in [4.69, 9.17) is 21.4 Å². The van der Waals surface area contributed by atoms with Crippen LogP contribution in [0.1, 0.15) is 18.2 Å². The third-order valence-electron chi connectivity index (χ3n) is 4.60. The van der Waals surface area contributed by atoms with E-state index in [2.05, 4.69) is 5.32 Å². The Balaban J connectivity index is 1.80. The first kappa shape index (κ1) is 18.9. The van der Waals surface area contributed by atoms with Crippen LogP contribution in [-0.2, 0) is 16.1 Å². The molecule has 0 aliphatic carbocycles. The van der Waals surface area contributed by atoms with E-state index in [0.29, 0.717) is 23.7 Å². The second-order valence-corrected chi connectivity index (χ2v) is 6.81. The lowest BCUT2D eigenvalue weighted by molar-refractivity contribution is -0.129. The first-order valence-electron chi connectivity index (χ1n) is 9.14. The number of nitrogens with one attached hydrogen (secondary N) is 1. The van der Waals surface area contributed by atoms with Gasteiger partial charge in [0.05, 0.1) is 19.4 Å². The number of rotatable bonds is 5. The minimum atomic E-state index is -0.536. The Morgan fingerprint density at radius 2 is 1.97 bits per heavy atom. The highest BCUT2D eigenvalue weighted by Gasteiger charge is 2.34. The van der Waals surface area contributed by atoms with Gasteiger partial charge in [-0.05, 0) is 54.2 Å². The van der Waals surface area contributed by atoms with Crippen LogP contribution in [-0.4, -0.2) is 28.4 Å². The maximum Gasteiger partial charge on any atom is 0.266 e. The summed E-state index contributed by atoms with van der Waals surface area (Å²) in [4.78, 5) is 27.0. The summed E-state index contributed by atoms with van der Waals surface area (Å²) in [5, 5.41) is 4.51. The van der Waals surface area contributed by atoms with Crippen molar-refractivity contribution in [1.29, 1.82) is 0 Å². The van der Waals surface area contributed by atoms with Gasteiger partial charge in [0, 0.05) is 5.56 Å². The smallest absolute Gasteiger partial charge is 0.266 e. The van der Waals surface area contributed by atoms with Gasteiger partial charge in [-0.25, -0.2) is 0 Å². The topological polar surface area (TPSA) is 71.8 Å². The number of carbonyl (C=O) groups excluding carboxylic acids is 2. The summed E-state index contributed by atoms with van der Waals surface area (Å²) >= 11 is 5.20. The zero-order chi connectivity index (χ0) is 20.4. The number of fused-ring (bicyclic) bond motifs is 1. The Kier molecular flexibility index (Phi) is 5.14. The molecular formula is C22H18N2O4S. The van der Waals surface area contributed by atoms with Gasteiger partial charge in [-0.15, -0.1) is 0 Å². The molecule has 2 amide bonds. The first-order valence-corrected chi connectivity index (χ1v) is 9.55. The molecule has 7 heteroatoms. The molecular weight excluding hydrogens is 388 g/mol. The Bertz CT molecular complexity index is 1130. The summed E-state index contributed by atoms with van der Waals surface area (Å²) in [6.45, 7) is 2.48. The van der Waals surface area contributed by atoms with Gasteiger partial charge in [0.1, 0.15) is 17.1 Å². The molecule has 0 unspecified atom stereocenters. The fourth-order valence-corrected chi connectivity index (χ4v) is 3.49. The lowest BCUT2D eigenvalue weighted by atomic mass is 10.00. The van der Waals surface area contributed by atoms with E-state index in [-0.39, 0.29) is 17.2 Å². The van der Waals surface area contributed by atoms with E-state index in [1.165, 1.54) is 11.2 Å². The van der Waals surface area contributed by atoms with E-state index in [1.54, 1.807) is 18.2 Å². The lowest BCUT2D eigenvalue weighted by Crippen LogP contribution is -2.53. The number of nitrogens with zero attached hydrogens (tertiary/aromatic N) is 1. The van der Waals surface area contributed by atoms with Crippen molar-refractivity contribution < 1.29 is 18.7 Å². The predicted molar refractivity (Wildman–Crippen MR) is 113 cm³/mol. The number of furan rings is 1. The van der Waals surface area contributed by atoms with Crippen LogP contribution < -0.4 is 10.1 Å². The summed E-state index contributed by atoms with van der Waals surface area (Å²) in [6, 6.07) is 15.0. The Labute approximate surface area is 172 Å². The van der Waals surface area contributed by atoms with Crippen molar-refractivity contribution in [3.63, 3.8) is 0 Å². The molecule has 0 bridgehead atoms. The zero-order valence-corrected chi connectivity index (χ0v) is 16.5. The van der Waals surface area contributed by atoms with Gasteiger partial charge < -0.3 is 9.15 Å². The van der Waals surface area contributed by atoms with Crippen LogP contribution in [0.25, 0.3) is 16.8 Å². The molecule has 0 spiro atoms. The predicted octanol–water partition coefficient (Wildman–Crippen LogP) is 3.66. The maximum absolute atomic E-state index is 13.1. The molecule has 1 aliphatic rings. The highest BCUT2D eigenvalue weighted by atomic mass is 32.1. The Morgan fingerprint density at radius 1 is 1.14 bits per heavy atom. The first-order chi connectivity index (χ1) is 14.1. The summed E-state index contributed by atoms with van der Waals surface area (Å²) in [5.41, 5.74) is 0.664. The average Bonchev–Trinajstić information content (AvgIpc) is 3.23. The SMILES string of the molecule is CCOc1ccc2ccccc2c1C=C1C(=O)NC(=S)N(Cc2ccco2)C1=O. The van der Waals surface area contributed by atoms with Crippen molar-refractivity contribution >= 4 is 46.0 Å². The zero-order valence-electron chi connectivity index (χ0n) is 15.7. The number of benzene rings is 2. The molecule has 4 rings (SSSR count). The van der Waals surface area contributed by atoms with Crippen molar-refractivity contribution in [3.8, 4) is 5.75 Å². The van der Waals surface area contributed by atoms with Gasteiger partial charge in [0.15, 0.2) is 5.11 Å². The number of ether oxygens (including phenoxy) is 1. The Morgan fingerprint density at radius 3 is 2.72 bits per heavy atom. The normalized spacial score (nSPS) is 15.8. The monoisotopic (exact) mass is 406 g/mol. The third-order valence-corrected chi connectivity index (χ3v) is 4.92. The van der Waals surface area contributed by atoms with Gasteiger partial charge in [0.25, 0.3) is 11.8 Å².